The van der Waals surface area contributed by atoms with Crippen molar-refractivity contribution in [3.8, 4) is 12.1 Å². The molecular formula is C20H21F3N8. The highest BCUT2D eigenvalue weighted by atomic mass is 19.4. The molecule has 0 saturated heterocycles. The number of nitrogens with one attached hydrogen (secondary N) is 1. The third-order valence-electron chi connectivity index (χ3n) is 5.22. The van der Waals surface area contributed by atoms with Crippen molar-refractivity contribution in [1.82, 2.24) is 9.55 Å². The van der Waals surface area contributed by atoms with Crippen LogP contribution in [0.5, 0.6) is 0 Å². The van der Waals surface area contributed by atoms with Crippen LogP contribution in [0.3, 0.4) is 0 Å². The van der Waals surface area contributed by atoms with E-state index in [0.717, 1.165) is 30.6 Å². The number of nitriles is 2. The molecule has 0 bridgehead atoms. The molecule has 0 spiro atoms. The van der Waals surface area contributed by atoms with Crippen LogP contribution in [0.1, 0.15) is 37.2 Å². The van der Waals surface area contributed by atoms with E-state index < -0.39 is 12.7 Å². The van der Waals surface area contributed by atoms with Crippen molar-refractivity contribution >= 4 is 23.0 Å². The highest BCUT2D eigenvalue weighted by Crippen LogP contribution is 2.39. The Hall–Kier alpha value is -3.60. The second-order valence-corrected chi connectivity index (χ2v) is 7.23. The van der Waals surface area contributed by atoms with Gasteiger partial charge in [0.05, 0.1) is 5.69 Å². The number of alkyl halides is 3. The van der Waals surface area contributed by atoms with Gasteiger partial charge in [0.2, 0.25) is 0 Å². The Bertz CT molecular complexity index is 1090. The number of anilines is 2. The van der Waals surface area contributed by atoms with Crippen molar-refractivity contribution in [2.45, 2.75) is 38.9 Å². The molecule has 1 aliphatic heterocycles. The number of halogens is 3. The van der Waals surface area contributed by atoms with Crippen LogP contribution in [-0.2, 0) is 13.5 Å². The Labute approximate surface area is 177 Å². The van der Waals surface area contributed by atoms with Crippen LogP contribution < -0.4 is 10.2 Å². The van der Waals surface area contributed by atoms with Crippen LogP contribution in [0.2, 0.25) is 0 Å². The van der Waals surface area contributed by atoms with Crippen molar-refractivity contribution in [2.75, 3.05) is 23.3 Å². The van der Waals surface area contributed by atoms with Gasteiger partial charge in [-0.25, -0.2) is 0 Å². The molecule has 1 aromatic carbocycles. The molecular weight excluding hydrogens is 409 g/mol. The average Bonchev–Trinajstić information content (AvgIpc) is 3.04. The predicted molar refractivity (Wildman–Crippen MR) is 109 cm³/mol. The smallest absolute Gasteiger partial charge is 0.375 e. The SMILES string of the molecule is CCN1c2cc(NCC(F)(F)F)c(N=Nc3nc(C#N)c(C#N)n3C)cc2CCC1C. The van der Waals surface area contributed by atoms with Gasteiger partial charge in [0.15, 0.2) is 11.4 Å². The zero-order chi connectivity index (χ0) is 22.8. The number of imidazole rings is 1. The zero-order valence-electron chi connectivity index (χ0n) is 17.3. The van der Waals surface area contributed by atoms with Crippen molar-refractivity contribution in [3.63, 3.8) is 0 Å². The summed E-state index contributed by atoms with van der Waals surface area (Å²) in [7, 11) is 1.51. The van der Waals surface area contributed by atoms with E-state index in [1.807, 2.05) is 19.1 Å². The Kier molecular flexibility index (Phi) is 6.16. The number of aryl methyl sites for hydroxylation is 1. The Morgan fingerprint density at radius 1 is 1.26 bits per heavy atom. The number of hydrogen-bond donors (Lipinski definition) is 1. The first-order valence-corrected chi connectivity index (χ1v) is 9.71. The van der Waals surface area contributed by atoms with Crippen molar-refractivity contribution < 1.29 is 13.2 Å². The standard InChI is InChI=1S/C20H21F3N8/c1-4-31-12(2)5-6-13-7-15(14(8-17(13)31)26-11-20(21,22)23)28-29-19-27-16(9-24)18(10-25)30(19)3/h7-8,12,26H,4-6,11H2,1-3H3. The Morgan fingerprint density at radius 3 is 2.58 bits per heavy atom. The van der Waals surface area contributed by atoms with Gasteiger partial charge in [0, 0.05) is 25.3 Å². The lowest BCUT2D eigenvalue weighted by atomic mass is 9.95. The first kappa shape index (κ1) is 22.1. The third kappa shape index (κ3) is 4.61. The first-order chi connectivity index (χ1) is 14.7. The van der Waals surface area contributed by atoms with Gasteiger partial charge in [-0.05, 0) is 44.4 Å². The molecule has 3 rings (SSSR count). The summed E-state index contributed by atoms with van der Waals surface area (Å²) in [6.07, 6.45) is -2.71. The molecule has 0 amide bonds. The van der Waals surface area contributed by atoms with E-state index in [0.29, 0.717) is 0 Å². The van der Waals surface area contributed by atoms with Gasteiger partial charge in [-0.15, -0.1) is 10.2 Å². The maximum Gasteiger partial charge on any atom is 0.405 e. The second-order valence-electron chi connectivity index (χ2n) is 7.23. The molecule has 0 fully saturated rings. The molecule has 162 valence electrons. The lowest BCUT2D eigenvalue weighted by molar-refractivity contribution is -0.115. The van der Waals surface area contributed by atoms with E-state index in [2.05, 4.69) is 32.4 Å². The summed E-state index contributed by atoms with van der Waals surface area (Å²) in [4.78, 5) is 6.11. The van der Waals surface area contributed by atoms with Gasteiger partial charge in [-0.1, -0.05) is 0 Å². The van der Waals surface area contributed by atoms with E-state index in [1.165, 1.54) is 11.6 Å². The minimum Gasteiger partial charge on any atom is -0.375 e. The predicted octanol–water partition coefficient (Wildman–Crippen LogP) is 4.71. The van der Waals surface area contributed by atoms with E-state index in [1.54, 1.807) is 12.1 Å². The topological polar surface area (TPSA) is 105 Å². The normalized spacial score (nSPS) is 16.1. The van der Waals surface area contributed by atoms with E-state index in [9.17, 15) is 13.2 Å². The lowest BCUT2D eigenvalue weighted by Crippen LogP contribution is -2.37. The summed E-state index contributed by atoms with van der Waals surface area (Å²) in [6, 6.07) is 7.37. The third-order valence-corrected chi connectivity index (χ3v) is 5.22. The van der Waals surface area contributed by atoms with Gasteiger partial charge in [0.1, 0.15) is 24.4 Å². The largest absolute Gasteiger partial charge is 0.405 e. The number of hydrogen-bond acceptors (Lipinski definition) is 7. The second kappa shape index (κ2) is 8.64. The van der Waals surface area contributed by atoms with Crippen molar-refractivity contribution in [3.05, 3.63) is 29.1 Å². The lowest BCUT2D eigenvalue weighted by Gasteiger charge is -2.37. The molecule has 8 nitrogen and oxygen atoms in total. The molecule has 1 unspecified atom stereocenters. The van der Waals surface area contributed by atoms with Gasteiger partial charge in [0.25, 0.3) is 5.95 Å². The minimum atomic E-state index is -4.40. The molecule has 0 aliphatic carbocycles. The molecule has 0 saturated carbocycles. The number of nitrogens with zero attached hydrogens (tertiary/aromatic N) is 7. The van der Waals surface area contributed by atoms with E-state index in [-0.39, 0.29) is 34.8 Å². The van der Waals surface area contributed by atoms with Crippen LogP contribution in [0.4, 0.5) is 36.2 Å². The summed E-state index contributed by atoms with van der Waals surface area (Å²) >= 11 is 0. The van der Waals surface area contributed by atoms with Gasteiger partial charge in [-0.2, -0.15) is 28.7 Å². The molecule has 1 aliphatic rings. The quantitative estimate of drug-likeness (QED) is 0.692. The zero-order valence-corrected chi connectivity index (χ0v) is 17.3. The van der Waals surface area contributed by atoms with Crippen molar-refractivity contribution in [1.29, 1.82) is 10.5 Å². The highest BCUT2D eigenvalue weighted by molar-refractivity contribution is 5.75. The van der Waals surface area contributed by atoms with Crippen molar-refractivity contribution in [2.24, 2.45) is 17.3 Å². The fraction of sp³-hybridized carbons (Fsp3) is 0.450. The summed E-state index contributed by atoms with van der Waals surface area (Å²) in [6.45, 7) is 3.61. The highest BCUT2D eigenvalue weighted by Gasteiger charge is 2.28. The monoisotopic (exact) mass is 430 g/mol. The van der Waals surface area contributed by atoms with E-state index >= 15 is 0 Å². The first-order valence-electron chi connectivity index (χ1n) is 9.71. The summed E-state index contributed by atoms with van der Waals surface area (Å²) in [5.74, 6) is 0.0106. The molecule has 0 radical (unpaired) electrons. The molecule has 2 heterocycles. The van der Waals surface area contributed by atoms with Crippen LogP contribution in [0.15, 0.2) is 22.4 Å². The molecule has 1 atom stereocenters. The number of aromatic nitrogens is 2. The fourth-order valence-electron chi connectivity index (χ4n) is 3.63. The number of azo groups is 1. The van der Waals surface area contributed by atoms with Gasteiger partial charge >= 0.3 is 6.18 Å². The summed E-state index contributed by atoms with van der Waals surface area (Å²) in [5, 5.41) is 28.8. The molecule has 1 N–H and O–H groups in total. The minimum absolute atomic E-state index is 0.0106. The maximum atomic E-state index is 12.8. The van der Waals surface area contributed by atoms with E-state index in [4.69, 9.17) is 10.5 Å². The van der Waals surface area contributed by atoms with Crippen LogP contribution in [-0.4, -0.2) is 34.9 Å². The number of fused-ring (bicyclic) bond motifs is 1. The Morgan fingerprint density at radius 2 is 2.00 bits per heavy atom. The summed E-state index contributed by atoms with van der Waals surface area (Å²) < 4.78 is 39.8. The summed E-state index contributed by atoms with van der Waals surface area (Å²) in [5.41, 5.74) is 2.22. The average molecular weight is 430 g/mol. The van der Waals surface area contributed by atoms with Crippen LogP contribution in [0, 0.1) is 22.7 Å². The number of rotatable bonds is 5. The van der Waals surface area contributed by atoms with Gasteiger partial charge < -0.3 is 14.8 Å². The molecule has 2 aromatic rings. The van der Waals surface area contributed by atoms with Gasteiger partial charge in [-0.3, -0.25) is 0 Å². The van der Waals surface area contributed by atoms with Crippen LogP contribution >= 0.6 is 0 Å². The number of benzene rings is 1. The molecule has 11 heteroatoms. The Balaban J connectivity index is 2.04. The molecule has 31 heavy (non-hydrogen) atoms. The molecule has 1 aromatic heterocycles. The maximum absolute atomic E-state index is 12.8. The fourth-order valence-corrected chi connectivity index (χ4v) is 3.63. The van der Waals surface area contributed by atoms with Crippen LogP contribution in [0.25, 0.3) is 0 Å².